The molecular weight excluding hydrogens is 212 g/mol. The molecule has 88 valence electrons. The Morgan fingerprint density at radius 1 is 1.19 bits per heavy atom. The minimum Gasteiger partial charge on any atom is -0.126 e. The average molecular weight is 234 g/mol. The Morgan fingerprint density at radius 2 is 1.94 bits per heavy atom. The van der Waals surface area contributed by atoms with Crippen molar-refractivity contribution >= 4 is 11.8 Å². The van der Waals surface area contributed by atoms with Gasteiger partial charge in [-0.3, -0.25) is 0 Å². The summed E-state index contributed by atoms with van der Waals surface area (Å²) in [4.78, 5) is 1.42. The highest BCUT2D eigenvalue weighted by Crippen LogP contribution is 2.47. The van der Waals surface area contributed by atoms with Gasteiger partial charge in [-0.2, -0.15) is 0 Å². The van der Waals surface area contributed by atoms with Crippen molar-refractivity contribution in [1.82, 2.24) is 0 Å². The normalized spacial score (nSPS) is 18.1. The highest BCUT2D eigenvalue weighted by atomic mass is 32.2. The number of rotatable bonds is 6. The highest BCUT2D eigenvalue weighted by Gasteiger charge is 2.33. The molecule has 2 rings (SSSR count). The van der Waals surface area contributed by atoms with Crippen molar-refractivity contribution in [2.45, 2.75) is 50.3 Å². The van der Waals surface area contributed by atoms with Crippen LogP contribution in [-0.4, -0.2) is 5.75 Å². The molecule has 0 unspecified atom stereocenters. The molecule has 1 saturated carbocycles. The van der Waals surface area contributed by atoms with Crippen molar-refractivity contribution in [3.8, 4) is 0 Å². The first kappa shape index (κ1) is 12.0. The monoisotopic (exact) mass is 234 g/mol. The van der Waals surface area contributed by atoms with Gasteiger partial charge >= 0.3 is 0 Å². The molecule has 1 aliphatic rings. The van der Waals surface area contributed by atoms with E-state index in [0.29, 0.717) is 0 Å². The van der Waals surface area contributed by atoms with Gasteiger partial charge in [0.25, 0.3) is 0 Å². The first-order chi connectivity index (χ1) is 7.85. The second kappa shape index (κ2) is 5.77. The van der Waals surface area contributed by atoms with Gasteiger partial charge in [0.15, 0.2) is 0 Å². The maximum atomic E-state index is 2.36. The van der Waals surface area contributed by atoms with E-state index in [1.807, 2.05) is 11.8 Å². The van der Waals surface area contributed by atoms with Crippen LogP contribution in [0.25, 0.3) is 0 Å². The average Bonchev–Trinajstić information content (AvgIpc) is 2.29. The molecular formula is C15H22S. The summed E-state index contributed by atoms with van der Waals surface area (Å²) in [7, 11) is 0. The lowest BCUT2D eigenvalue weighted by Gasteiger charge is -2.41. The van der Waals surface area contributed by atoms with E-state index < -0.39 is 0 Å². The SMILES string of the molecule is CCC1(CCCSc2ccccc2)CCC1. The maximum Gasteiger partial charge on any atom is 0.00719 e. The third-order valence-corrected chi connectivity index (χ3v) is 5.13. The van der Waals surface area contributed by atoms with Gasteiger partial charge in [-0.15, -0.1) is 11.8 Å². The van der Waals surface area contributed by atoms with Crippen LogP contribution in [0.15, 0.2) is 35.2 Å². The standard InChI is InChI=1S/C15H22S/c1-2-15(10-6-11-15)12-7-13-16-14-8-4-3-5-9-14/h3-5,8-9H,2,6-7,10-13H2,1H3. The Balaban J connectivity index is 1.65. The summed E-state index contributed by atoms with van der Waals surface area (Å²) in [5, 5.41) is 0. The molecule has 0 aromatic heterocycles. The minimum atomic E-state index is 0.747. The van der Waals surface area contributed by atoms with Crippen LogP contribution in [0.1, 0.15) is 45.4 Å². The number of hydrogen-bond acceptors (Lipinski definition) is 1. The molecule has 1 heteroatoms. The van der Waals surface area contributed by atoms with Gasteiger partial charge in [0, 0.05) is 4.90 Å². The molecule has 0 N–H and O–H groups in total. The quantitative estimate of drug-likeness (QED) is 0.485. The molecule has 0 heterocycles. The predicted molar refractivity (Wildman–Crippen MR) is 73.0 cm³/mol. The van der Waals surface area contributed by atoms with Crippen LogP contribution < -0.4 is 0 Å². The number of benzene rings is 1. The van der Waals surface area contributed by atoms with Crippen LogP contribution in [-0.2, 0) is 0 Å². The molecule has 1 fully saturated rings. The maximum absolute atomic E-state index is 2.36. The third kappa shape index (κ3) is 3.04. The van der Waals surface area contributed by atoms with Crippen molar-refractivity contribution in [2.24, 2.45) is 5.41 Å². The zero-order valence-electron chi connectivity index (χ0n) is 10.2. The van der Waals surface area contributed by atoms with E-state index in [-0.39, 0.29) is 0 Å². The largest absolute Gasteiger partial charge is 0.126 e. The predicted octanol–water partition coefficient (Wildman–Crippen LogP) is 5.14. The number of thioether (sulfide) groups is 1. The van der Waals surface area contributed by atoms with Gasteiger partial charge in [-0.1, -0.05) is 38.0 Å². The Bertz CT molecular complexity index is 295. The first-order valence-electron chi connectivity index (χ1n) is 6.52. The molecule has 0 atom stereocenters. The van der Waals surface area contributed by atoms with E-state index in [0.717, 1.165) is 5.41 Å². The molecule has 0 saturated heterocycles. The number of hydrogen-bond donors (Lipinski definition) is 0. The van der Waals surface area contributed by atoms with E-state index >= 15 is 0 Å². The highest BCUT2D eigenvalue weighted by molar-refractivity contribution is 7.99. The molecule has 0 aliphatic heterocycles. The summed E-state index contributed by atoms with van der Waals surface area (Å²) in [6.45, 7) is 2.36. The lowest BCUT2D eigenvalue weighted by molar-refractivity contribution is 0.113. The van der Waals surface area contributed by atoms with Crippen LogP contribution in [0.5, 0.6) is 0 Å². The molecule has 1 aromatic carbocycles. The van der Waals surface area contributed by atoms with Crippen LogP contribution in [0.3, 0.4) is 0 Å². The van der Waals surface area contributed by atoms with Crippen LogP contribution >= 0.6 is 11.8 Å². The third-order valence-electron chi connectivity index (χ3n) is 4.03. The van der Waals surface area contributed by atoms with Crippen LogP contribution in [0, 0.1) is 5.41 Å². The van der Waals surface area contributed by atoms with Gasteiger partial charge in [0.05, 0.1) is 0 Å². The summed E-state index contributed by atoms with van der Waals surface area (Å²) < 4.78 is 0. The second-order valence-electron chi connectivity index (χ2n) is 4.97. The fourth-order valence-electron chi connectivity index (χ4n) is 2.61. The Morgan fingerprint density at radius 3 is 2.50 bits per heavy atom. The minimum absolute atomic E-state index is 0.747. The summed E-state index contributed by atoms with van der Waals surface area (Å²) in [6.07, 6.45) is 8.67. The van der Waals surface area contributed by atoms with E-state index in [1.54, 1.807) is 0 Å². The van der Waals surface area contributed by atoms with Crippen molar-refractivity contribution in [2.75, 3.05) is 5.75 Å². The summed E-state index contributed by atoms with van der Waals surface area (Å²) in [5.74, 6) is 1.28. The zero-order chi connectivity index (χ0) is 11.3. The molecule has 1 aliphatic carbocycles. The summed E-state index contributed by atoms with van der Waals surface area (Å²) >= 11 is 2.01. The Kier molecular flexibility index (Phi) is 4.34. The zero-order valence-corrected chi connectivity index (χ0v) is 11.1. The smallest absolute Gasteiger partial charge is 0.00719 e. The fraction of sp³-hybridized carbons (Fsp3) is 0.600. The van der Waals surface area contributed by atoms with Gasteiger partial charge in [-0.25, -0.2) is 0 Å². The summed E-state index contributed by atoms with van der Waals surface area (Å²) in [5.41, 5.74) is 0.747. The lowest BCUT2D eigenvalue weighted by Crippen LogP contribution is -2.28. The fourth-order valence-corrected chi connectivity index (χ4v) is 3.48. The Hall–Kier alpha value is -0.430. The van der Waals surface area contributed by atoms with Gasteiger partial charge in [0.1, 0.15) is 0 Å². The first-order valence-corrected chi connectivity index (χ1v) is 7.51. The lowest BCUT2D eigenvalue weighted by atomic mass is 9.64. The van der Waals surface area contributed by atoms with E-state index in [2.05, 4.69) is 37.3 Å². The molecule has 16 heavy (non-hydrogen) atoms. The van der Waals surface area contributed by atoms with Gasteiger partial charge in [-0.05, 0) is 49.0 Å². The molecule has 0 nitrogen and oxygen atoms in total. The molecule has 0 radical (unpaired) electrons. The van der Waals surface area contributed by atoms with Crippen molar-refractivity contribution < 1.29 is 0 Å². The summed E-state index contributed by atoms with van der Waals surface area (Å²) in [6, 6.07) is 10.8. The van der Waals surface area contributed by atoms with Gasteiger partial charge in [0.2, 0.25) is 0 Å². The van der Waals surface area contributed by atoms with E-state index in [4.69, 9.17) is 0 Å². The molecule has 0 spiro atoms. The van der Waals surface area contributed by atoms with Crippen molar-refractivity contribution in [1.29, 1.82) is 0 Å². The van der Waals surface area contributed by atoms with Crippen molar-refractivity contribution in [3.63, 3.8) is 0 Å². The van der Waals surface area contributed by atoms with Crippen LogP contribution in [0.2, 0.25) is 0 Å². The molecule has 0 bridgehead atoms. The topological polar surface area (TPSA) is 0 Å². The van der Waals surface area contributed by atoms with E-state index in [9.17, 15) is 0 Å². The van der Waals surface area contributed by atoms with Crippen molar-refractivity contribution in [3.05, 3.63) is 30.3 Å². The van der Waals surface area contributed by atoms with Gasteiger partial charge < -0.3 is 0 Å². The van der Waals surface area contributed by atoms with Crippen LogP contribution in [0.4, 0.5) is 0 Å². The Labute approximate surface area is 104 Å². The van der Waals surface area contributed by atoms with E-state index in [1.165, 1.54) is 49.2 Å². The second-order valence-corrected chi connectivity index (χ2v) is 6.14. The molecule has 0 amide bonds. The molecule has 1 aromatic rings.